The molecule has 1 unspecified atom stereocenters. The van der Waals surface area contributed by atoms with Crippen molar-refractivity contribution in [3.05, 3.63) is 29.6 Å². The zero-order valence-corrected chi connectivity index (χ0v) is 10.3. The highest BCUT2D eigenvalue weighted by Gasteiger charge is 2.36. The predicted octanol–water partition coefficient (Wildman–Crippen LogP) is 1.66. The summed E-state index contributed by atoms with van der Waals surface area (Å²) in [4.78, 5) is 24.5. The summed E-state index contributed by atoms with van der Waals surface area (Å²) in [5, 5.41) is 0. The van der Waals surface area contributed by atoms with Gasteiger partial charge >= 0.3 is 5.97 Å². The van der Waals surface area contributed by atoms with E-state index in [1.165, 1.54) is 18.1 Å². The lowest BCUT2D eigenvalue weighted by Crippen LogP contribution is -2.27. The Labute approximate surface area is 104 Å². The highest BCUT2D eigenvalue weighted by molar-refractivity contribution is 5.99. The molecule has 0 aromatic heterocycles. The van der Waals surface area contributed by atoms with Crippen LogP contribution in [0.25, 0.3) is 0 Å². The average molecular weight is 251 g/mol. The second-order valence-electron chi connectivity index (χ2n) is 4.38. The lowest BCUT2D eigenvalue weighted by atomic mass is 10.1. The van der Waals surface area contributed by atoms with E-state index in [-0.39, 0.29) is 24.6 Å². The summed E-state index contributed by atoms with van der Waals surface area (Å²) in [6, 6.07) is 4.56. The molecule has 18 heavy (non-hydrogen) atoms. The molecule has 1 atom stereocenters. The fourth-order valence-electron chi connectivity index (χ4n) is 2.09. The van der Waals surface area contributed by atoms with Gasteiger partial charge in [-0.2, -0.15) is 0 Å². The number of methoxy groups -OCH3 is 1. The van der Waals surface area contributed by atoms with Crippen LogP contribution < -0.4 is 4.90 Å². The Kier molecular flexibility index (Phi) is 3.32. The number of esters is 1. The first-order chi connectivity index (χ1) is 8.52. The SMILES string of the molecule is COC(=O)C1CC(=O)N(c2cc(C)ccc2F)C1. The smallest absolute Gasteiger partial charge is 0.311 e. The van der Waals surface area contributed by atoms with E-state index in [1.807, 2.05) is 6.92 Å². The summed E-state index contributed by atoms with van der Waals surface area (Å²) >= 11 is 0. The second kappa shape index (κ2) is 4.76. The first kappa shape index (κ1) is 12.5. The van der Waals surface area contributed by atoms with E-state index in [4.69, 9.17) is 0 Å². The van der Waals surface area contributed by atoms with Crippen molar-refractivity contribution >= 4 is 17.6 Å². The van der Waals surface area contributed by atoms with Crippen molar-refractivity contribution in [2.75, 3.05) is 18.6 Å². The number of carbonyl (C=O) groups excluding carboxylic acids is 2. The minimum absolute atomic E-state index is 0.0695. The van der Waals surface area contributed by atoms with Gasteiger partial charge in [-0.3, -0.25) is 9.59 Å². The monoisotopic (exact) mass is 251 g/mol. The number of anilines is 1. The van der Waals surface area contributed by atoms with Crippen LogP contribution in [0.3, 0.4) is 0 Å². The summed E-state index contributed by atoms with van der Waals surface area (Å²) in [5.41, 5.74) is 1.09. The van der Waals surface area contributed by atoms with Crippen LogP contribution in [0, 0.1) is 18.7 Å². The molecular weight excluding hydrogens is 237 g/mol. The van der Waals surface area contributed by atoms with E-state index in [1.54, 1.807) is 12.1 Å². The number of carbonyl (C=O) groups is 2. The van der Waals surface area contributed by atoms with Gasteiger partial charge in [-0.1, -0.05) is 6.07 Å². The Hall–Kier alpha value is -1.91. The van der Waals surface area contributed by atoms with E-state index in [0.29, 0.717) is 0 Å². The van der Waals surface area contributed by atoms with Gasteiger partial charge in [0.2, 0.25) is 5.91 Å². The number of amides is 1. The summed E-state index contributed by atoms with van der Waals surface area (Å²) in [6.45, 7) is 1.99. The maximum absolute atomic E-state index is 13.7. The van der Waals surface area contributed by atoms with Gasteiger partial charge in [0, 0.05) is 13.0 Å². The molecule has 0 spiro atoms. The molecule has 0 radical (unpaired) electrons. The fourth-order valence-corrected chi connectivity index (χ4v) is 2.09. The van der Waals surface area contributed by atoms with Crippen LogP contribution in [0.4, 0.5) is 10.1 Å². The van der Waals surface area contributed by atoms with Gasteiger partial charge in [0.05, 0.1) is 18.7 Å². The summed E-state index contributed by atoms with van der Waals surface area (Å²) in [6.07, 6.45) is 0.0695. The summed E-state index contributed by atoms with van der Waals surface area (Å²) < 4.78 is 18.3. The highest BCUT2D eigenvalue weighted by Crippen LogP contribution is 2.28. The van der Waals surface area contributed by atoms with Crippen LogP contribution >= 0.6 is 0 Å². The highest BCUT2D eigenvalue weighted by atomic mass is 19.1. The molecule has 0 N–H and O–H groups in total. The van der Waals surface area contributed by atoms with Crippen molar-refractivity contribution in [3.8, 4) is 0 Å². The molecule has 1 aromatic carbocycles. The second-order valence-corrected chi connectivity index (χ2v) is 4.38. The molecule has 0 bridgehead atoms. The molecule has 5 heteroatoms. The molecule has 2 rings (SSSR count). The first-order valence-corrected chi connectivity index (χ1v) is 5.67. The van der Waals surface area contributed by atoms with Gasteiger partial charge in [0.1, 0.15) is 5.82 Å². The number of aryl methyl sites for hydroxylation is 1. The van der Waals surface area contributed by atoms with E-state index in [0.717, 1.165) is 5.56 Å². The maximum atomic E-state index is 13.7. The van der Waals surface area contributed by atoms with Crippen LogP contribution in [0.2, 0.25) is 0 Å². The van der Waals surface area contributed by atoms with Crippen molar-refractivity contribution in [2.45, 2.75) is 13.3 Å². The van der Waals surface area contributed by atoms with Crippen molar-refractivity contribution in [2.24, 2.45) is 5.92 Å². The van der Waals surface area contributed by atoms with Gasteiger partial charge in [-0.05, 0) is 24.6 Å². The lowest BCUT2D eigenvalue weighted by Gasteiger charge is -2.17. The van der Waals surface area contributed by atoms with E-state index < -0.39 is 17.7 Å². The van der Waals surface area contributed by atoms with E-state index >= 15 is 0 Å². The first-order valence-electron chi connectivity index (χ1n) is 5.67. The van der Waals surface area contributed by atoms with Crippen molar-refractivity contribution in [3.63, 3.8) is 0 Å². The summed E-state index contributed by atoms with van der Waals surface area (Å²) in [5.74, 6) is -1.66. The predicted molar refractivity (Wildman–Crippen MR) is 63.6 cm³/mol. The van der Waals surface area contributed by atoms with E-state index in [9.17, 15) is 14.0 Å². The van der Waals surface area contributed by atoms with Gasteiger partial charge < -0.3 is 9.64 Å². The molecule has 4 nitrogen and oxygen atoms in total. The van der Waals surface area contributed by atoms with Crippen LogP contribution in [0.5, 0.6) is 0 Å². The van der Waals surface area contributed by atoms with Gasteiger partial charge in [-0.25, -0.2) is 4.39 Å². The summed E-state index contributed by atoms with van der Waals surface area (Å²) in [7, 11) is 1.28. The number of nitrogens with zero attached hydrogens (tertiary/aromatic N) is 1. The Morgan fingerprint density at radius 2 is 2.22 bits per heavy atom. The lowest BCUT2D eigenvalue weighted by molar-refractivity contribution is -0.145. The molecule has 1 aliphatic rings. The van der Waals surface area contributed by atoms with Crippen molar-refractivity contribution < 1.29 is 18.7 Å². The van der Waals surface area contributed by atoms with Crippen LogP contribution in [0.1, 0.15) is 12.0 Å². The molecule has 0 saturated carbocycles. The van der Waals surface area contributed by atoms with Gasteiger partial charge in [-0.15, -0.1) is 0 Å². The Balaban J connectivity index is 2.27. The number of hydrogen-bond acceptors (Lipinski definition) is 3. The molecule has 1 heterocycles. The molecule has 1 saturated heterocycles. The number of benzene rings is 1. The molecule has 96 valence electrons. The number of rotatable bonds is 2. The third kappa shape index (κ3) is 2.20. The van der Waals surface area contributed by atoms with Crippen LogP contribution in [-0.4, -0.2) is 25.5 Å². The number of ether oxygens (including phenoxy) is 1. The largest absolute Gasteiger partial charge is 0.469 e. The molecule has 1 aromatic rings. The number of hydrogen-bond donors (Lipinski definition) is 0. The zero-order valence-electron chi connectivity index (χ0n) is 10.3. The normalized spacial score (nSPS) is 19.2. The third-order valence-electron chi connectivity index (χ3n) is 3.05. The fraction of sp³-hybridized carbons (Fsp3) is 0.385. The number of halogens is 1. The van der Waals surface area contributed by atoms with Crippen molar-refractivity contribution in [1.29, 1.82) is 0 Å². The molecule has 1 amide bonds. The molecule has 0 aliphatic carbocycles. The standard InChI is InChI=1S/C13H14FNO3/c1-8-3-4-10(14)11(5-8)15-7-9(6-12(15)16)13(17)18-2/h3-5,9H,6-7H2,1-2H3. The van der Waals surface area contributed by atoms with E-state index in [2.05, 4.69) is 4.74 Å². The Morgan fingerprint density at radius 1 is 1.50 bits per heavy atom. The van der Waals surface area contributed by atoms with Crippen molar-refractivity contribution in [1.82, 2.24) is 0 Å². The van der Waals surface area contributed by atoms with Gasteiger partial charge in [0.25, 0.3) is 0 Å². The van der Waals surface area contributed by atoms with Crippen LogP contribution in [0.15, 0.2) is 18.2 Å². The Bertz CT molecular complexity index is 501. The maximum Gasteiger partial charge on any atom is 0.311 e. The Morgan fingerprint density at radius 3 is 2.89 bits per heavy atom. The molecular formula is C13H14FNO3. The minimum Gasteiger partial charge on any atom is -0.469 e. The average Bonchev–Trinajstić information content (AvgIpc) is 2.73. The zero-order chi connectivity index (χ0) is 13.3. The molecule has 1 fully saturated rings. The minimum atomic E-state index is -0.512. The molecule has 1 aliphatic heterocycles. The van der Waals surface area contributed by atoms with Gasteiger partial charge in [0.15, 0.2) is 0 Å². The third-order valence-corrected chi connectivity index (χ3v) is 3.05. The van der Waals surface area contributed by atoms with Crippen LogP contribution in [-0.2, 0) is 14.3 Å². The topological polar surface area (TPSA) is 46.6 Å². The quantitative estimate of drug-likeness (QED) is 0.751.